The number of likely N-dealkylation sites (tertiary alicyclic amines) is 1. The van der Waals surface area contributed by atoms with Gasteiger partial charge in [0.25, 0.3) is 0 Å². The summed E-state index contributed by atoms with van der Waals surface area (Å²) >= 11 is 0. The Morgan fingerprint density at radius 2 is 1.73 bits per heavy atom. The second-order valence-electron chi connectivity index (χ2n) is 7.58. The lowest BCUT2D eigenvalue weighted by Gasteiger charge is -2.34. The second kappa shape index (κ2) is 9.74. The molecule has 0 radical (unpaired) electrons. The van der Waals surface area contributed by atoms with Crippen molar-refractivity contribution in [2.75, 3.05) is 32.8 Å². The Labute approximate surface area is 176 Å². The van der Waals surface area contributed by atoms with Gasteiger partial charge < -0.3 is 15.0 Å². The topological polar surface area (TPSA) is 96.0 Å². The molecule has 2 aliphatic heterocycles. The molecule has 0 atom stereocenters. The summed E-state index contributed by atoms with van der Waals surface area (Å²) in [6, 6.07) is 5.31. The molecule has 8 nitrogen and oxygen atoms in total. The van der Waals surface area contributed by atoms with Gasteiger partial charge in [-0.25, -0.2) is 17.6 Å². The van der Waals surface area contributed by atoms with Crippen molar-refractivity contribution in [3.8, 4) is 0 Å². The largest absolute Gasteiger partial charge is 0.450 e. The number of nitrogens with one attached hydrogen (secondary N) is 1. The van der Waals surface area contributed by atoms with Gasteiger partial charge in [-0.3, -0.25) is 4.79 Å². The van der Waals surface area contributed by atoms with E-state index < -0.39 is 15.8 Å². The fourth-order valence-electron chi connectivity index (χ4n) is 3.89. The van der Waals surface area contributed by atoms with E-state index in [0.29, 0.717) is 45.4 Å². The fourth-order valence-corrected chi connectivity index (χ4v) is 5.43. The molecule has 0 unspecified atom stereocenters. The summed E-state index contributed by atoms with van der Waals surface area (Å²) in [6.07, 6.45) is 1.77. The van der Waals surface area contributed by atoms with Crippen LogP contribution in [0.4, 0.5) is 9.18 Å². The van der Waals surface area contributed by atoms with Crippen molar-refractivity contribution in [1.82, 2.24) is 14.5 Å². The van der Waals surface area contributed by atoms with E-state index >= 15 is 0 Å². The second-order valence-corrected chi connectivity index (χ2v) is 9.48. The Morgan fingerprint density at radius 3 is 2.33 bits per heavy atom. The molecule has 0 aliphatic carbocycles. The molecule has 3 rings (SSSR count). The summed E-state index contributed by atoms with van der Waals surface area (Å²) in [4.78, 5) is 25.7. The zero-order valence-electron chi connectivity index (χ0n) is 17.0. The predicted molar refractivity (Wildman–Crippen MR) is 108 cm³/mol. The molecule has 0 aromatic heterocycles. The van der Waals surface area contributed by atoms with E-state index in [-0.39, 0.29) is 41.9 Å². The number of rotatable bonds is 5. The summed E-state index contributed by atoms with van der Waals surface area (Å²) in [6.45, 7) is 3.51. The van der Waals surface area contributed by atoms with Crippen molar-refractivity contribution in [2.45, 2.75) is 43.5 Å². The Kier molecular flexibility index (Phi) is 7.30. The quantitative estimate of drug-likeness (QED) is 0.754. The Bertz CT molecular complexity index is 863. The number of hydrogen-bond acceptors (Lipinski definition) is 5. The van der Waals surface area contributed by atoms with E-state index in [1.165, 1.54) is 22.5 Å². The first kappa shape index (κ1) is 22.5. The minimum absolute atomic E-state index is 0.0108. The number of piperidine rings is 2. The minimum Gasteiger partial charge on any atom is -0.450 e. The lowest BCUT2D eigenvalue weighted by atomic mass is 9.96. The first-order valence-electron chi connectivity index (χ1n) is 10.3. The number of carbonyl (C=O) groups is 2. The Morgan fingerprint density at radius 1 is 1.10 bits per heavy atom. The van der Waals surface area contributed by atoms with Crippen molar-refractivity contribution in [3.05, 3.63) is 30.1 Å². The molecule has 30 heavy (non-hydrogen) atoms. The van der Waals surface area contributed by atoms with Crippen molar-refractivity contribution in [3.63, 3.8) is 0 Å². The first-order valence-corrected chi connectivity index (χ1v) is 11.7. The molecule has 1 aromatic rings. The zero-order valence-corrected chi connectivity index (χ0v) is 17.9. The predicted octanol–water partition coefficient (Wildman–Crippen LogP) is 1.96. The van der Waals surface area contributed by atoms with Crippen LogP contribution in [0.15, 0.2) is 29.2 Å². The summed E-state index contributed by atoms with van der Waals surface area (Å²) in [5.74, 6) is -1.14. The smallest absolute Gasteiger partial charge is 0.409 e. The van der Waals surface area contributed by atoms with Gasteiger partial charge in [-0.05, 0) is 44.7 Å². The summed E-state index contributed by atoms with van der Waals surface area (Å²) in [5, 5.41) is 3.03. The van der Waals surface area contributed by atoms with Crippen LogP contribution in [-0.4, -0.2) is 68.5 Å². The first-order chi connectivity index (χ1) is 14.3. The number of sulfonamides is 1. The number of benzene rings is 1. The van der Waals surface area contributed by atoms with Crippen LogP contribution >= 0.6 is 0 Å². The average Bonchev–Trinajstić information content (AvgIpc) is 2.74. The van der Waals surface area contributed by atoms with Crippen LogP contribution in [0.25, 0.3) is 0 Å². The Balaban J connectivity index is 1.48. The third kappa shape index (κ3) is 5.10. The van der Waals surface area contributed by atoms with Crippen LogP contribution in [0.5, 0.6) is 0 Å². The molecular weight excluding hydrogens is 413 g/mol. The molecule has 2 amide bonds. The molecular formula is C20H28FN3O5S. The third-order valence-electron chi connectivity index (χ3n) is 5.65. The maximum Gasteiger partial charge on any atom is 0.409 e. The number of carbonyl (C=O) groups excluding carboxylic acids is 2. The van der Waals surface area contributed by atoms with Crippen LogP contribution in [0.2, 0.25) is 0 Å². The van der Waals surface area contributed by atoms with Gasteiger partial charge >= 0.3 is 6.09 Å². The van der Waals surface area contributed by atoms with Crippen molar-refractivity contribution in [2.24, 2.45) is 5.92 Å². The van der Waals surface area contributed by atoms with Gasteiger partial charge in [-0.15, -0.1) is 0 Å². The van der Waals surface area contributed by atoms with Crippen molar-refractivity contribution >= 4 is 22.0 Å². The van der Waals surface area contributed by atoms with E-state index in [1.807, 2.05) is 0 Å². The summed E-state index contributed by atoms with van der Waals surface area (Å²) in [5.41, 5.74) is 0. The summed E-state index contributed by atoms with van der Waals surface area (Å²) in [7, 11) is -3.91. The monoisotopic (exact) mass is 441 g/mol. The molecule has 10 heteroatoms. The van der Waals surface area contributed by atoms with Gasteiger partial charge in [0.15, 0.2) is 0 Å². The van der Waals surface area contributed by atoms with E-state index in [2.05, 4.69) is 5.32 Å². The molecule has 2 fully saturated rings. The molecule has 2 heterocycles. The maximum atomic E-state index is 13.9. The molecule has 2 saturated heterocycles. The van der Waals surface area contributed by atoms with Gasteiger partial charge in [0.2, 0.25) is 15.9 Å². The number of halogens is 1. The summed E-state index contributed by atoms with van der Waals surface area (Å²) < 4.78 is 45.5. The molecule has 1 N–H and O–H groups in total. The third-order valence-corrected chi connectivity index (χ3v) is 7.58. The highest BCUT2D eigenvalue weighted by Crippen LogP contribution is 2.25. The molecule has 1 aromatic carbocycles. The van der Waals surface area contributed by atoms with Crippen LogP contribution in [0, 0.1) is 11.7 Å². The lowest BCUT2D eigenvalue weighted by Crippen LogP contribution is -2.49. The number of ether oxygens (including phenoxy) is 1. The van der Waals surface area contributed by atoms with E-state index in [4.69, 9.17) is 4.74 Å². The van der Waals surface area contributed by atoms with Gasteiger partial charge in [0.1, 0.15) is 10.7 Å². The fraction of sp³-hybridized carbons (Fsp3) is 0.600. The van der Waals surface area contributed by atoms with Crippen molar-refractivity contribution < 1.29 is 27.1 Å². The normalized spacial score (nSPS) is 19.5. The van der Waals surface area contributed by atoms with E-state index in [0.717, 1.165) is 6.07 Å². The highest BCUT2D eigenvalue weighted by atomic mass is 32.2. The van der Waals surface area contributed by atoms with Gasteiger partial charge in [0, 0.05) is 38.1 Å². The van der Waals surface area contributed by atoms with Gasteiger partial charge in [-0.2, -0.15) is 4.31 Å². The Hall–Kier alpha value is -2.20. The lowest BCUT2D eigenvalue weighted by molar-refractivity contribution is -0.127. The van der Waals surface area contributed by atoms with Crippen LogP contribution in [-0.2, 0) is 19.6 Å². The number of hydrogen-bond donors (Lipinski definition) is 1. The highest BCUT2D eigenvalue weighted by molar-refractivity contribution is 7.89. The maximum absolute atomic E-state index is 13.9. The average molecular weight is 442 g/mol. The number of amides is 2. The highest BCUT2D eigenvalue weighted by Gasteiger charge is 2.34. The number of nitrogens with zero attached hydrogens (tertiary/aromatic N) is 2. The molecule has 0 bridgehead atoms. The van der Waals surface area contributed by atoms with Crippen LogP contribution < -0.4 is 5.32 Å². The van der Waals surface area contributed by atoms with Gasteiger partial charge in [-0.1, -0.05) is 12.1 Å². The van der Waals surface area contributed by atoms with E-state index in [9.17, 15) is 22.4 Å². The molecule has 0 saturated carbocycles. The zero-order chi connectivity index (χ0) is 21.7. The van der Waals surface area contributed by atoms with Gasteiger partial charge in [0.05, 0.1) is 6.61 Å². The minimum atomic E-state index is -3.91. The molecule has 166 valence electrons. The van der Waals surface area contributed by atoms with Crippen LogP contribution in [0.1, 0.15) is 32.6 Å². The molecule has 0 spiro atoms. The SMILES string of the molecule is CCOC(=O)N1CCC(NC(=O)C2CCN(S(=O)(=O)c3ccccc3F)CC2)CC1. The molecule has 2 aliphatic rings. The van der Waals surface area contributed by atoms with Crippen LogP contribution in [0.3, 0.4) is 0 Å². The van der Waals surface area contributed by atoms with E-state index in [1.54, 1.807) is 11.8 Å². The van der Waals surface area contributed by atoms with Crippen molar-refractivity contribution in [1.29, 1.82) is 0 Å². The standard InChI is InChI=1S/C20H28FN3O5S/c1-2-29-20(26)23-11-9-16(10-12-23)22-19(25)15-7-13-24(14-8-15)30(27,28)18-6-4-3-5-17(18)21/h3-6,15-16H,2,7-14H2,1H3,(H,22,25).